The summed E-state index contributed by atoms with van der Waals surface area (Å²) in [6, 6.07) is 36.4. The van der Waals surface area contributed by atoms with Crippen LogP contribution in [0.1, 0.15) is 61.2 Å². The van der Waals surface area contributed by atoms with Crippen molar-refractivity contribution in [2.45, 2.75) is 50.1 Å². The van der Waals surface area contributed by atoms with E-state index in [1.165, 1.54) is 0 Å². The Morgan fingerprint density at radius 3 is 1.31 bits per heavy atom. The van der Waals surface area contributed by atoms with Gasteiger partial charge in [0.05, 0.1) is 23.2 Å². The summed E-state index contributed by atoms with van der Waals surface area (Å²) in [6.07, 6.45) is 7.37. The van der Waals surface area contributed by atoms with Crippen molar-refractivity contribution in [1.82, 2.24) is 51.1 Å². The third-order valence-corrected chi connectivity index (χ3v) is 11.5. The molecule has 14 heteroatoms. The topological polar surface area (TPSA) is 133 Å². The Labute approximate surface area is 336 Å². The number of hydrogen-bond acceptors (Lipinski definition) is 12. The lowest BCUT2D eigenvalue weighted by Gasteiger charge is -2.48. The van der Waals surface area contributed by atoms with Crippen molar-refractivity contribution in [3.63, 3.8) is 0 Å². The molecule has 58 heavy (non-hydrogen) atoms. The van der Waals surface area contributed by atoms with Gasteiger partial charge in [-0.2, -0.15) is 10.2 Å². The van der Waals surface area contributed by atoms with Gasteiger partial charge in [-0.25, -0.2) is 30.2 Å². The van der Waals surface area contributed by atoms with E-state index >= 15 is 0 Å². The highest BCUT2D eigenvalue weighted by Gasteiger charge is 2.44. The maximum absolute atomic E-state index is 6.14. The summed E-state index contributed by atoms with van der Waals surface area (Å²) in [7, 11) is 0. The van der Waals surface area contributed by atoms with Gasteiger partial charge in [-0.05, 0) is 112 Å². The molecule has 0 spiro atoms. The molecule has 11 rings (SSSR count). The zero-order valence-electron chi connectivity index (χ0n) is 31.9. The van der Waals surface area contributed by atoms with Crippen LogP contribution in [0.5, 0.6) is 23.0 Å². The summed E-state index contributed by atoms with van der Waals surface area (Å²) in [5.41, 5.74) is 13.3. The average Bonchev–Trinajstić information content (AvgIpc) is 3.88. The molecule has 5 aliphatic heterocycles. The number of fused-ring (bicyclic) bond motifs is 6. The van der Waals surface area contributed by atoms with Gasteiger partial charge in [-0.3, -0.25) is 10.0 Å². The van der Waals surface area contributed by atoms with Crippen LogP contribution in [-0.4, -0.2) is 68.4 Å². The second-order valence-corrected chi connectivity index (χ2v) is 15.3. The molecule has 6 aromatic rings. The molecule has 0 saturated carbocycles. The molecular weight excluding hydrogens is 729 g/mol. The molecule has 2 aromatic heterocycles. The van der Waals surface area contributed by atoms with Crippen LogP contribution in [-0.2, 0) is 0 Å². The fourth-order valence-electron chi connectivity index (χ4n) is 8.67. The third kappa shape index (κ3) is 6.40. The molecule has 292 valence electrons. The lowest BCUT2D eigenvalue weighted by Crippen LogP contribution is -2.63. The van der Waals surface area contributed by atoms with E-state index < -0.39 is 0 Å². The number of aliphatic imine (C=N–C) groups is 2. The number of benzene rings is 4. The lowest BCUT2D eigenvalue weighted by molar-refractivity contribution is -0.00787. The summed E-state index contributed by atoms with van der Waals surface area (Å²) in [6.45, 7) is 3.72. The minimum atomic E-state index is -0.326. The largest absolute Gasteiger partial charge is 0.457 e. The Hall–Kier alpha value is -6.32. The number of piperidine rings is 2. The molecular formula is C44H44N12O2. The number of hydrazine groups is 2. The number of aromatic nitrogens is 4. The summed E-state index contributed by atoms with van der Waals surface area (Å²) < 4.78 is 16.5. The van der Waals surface area contributed by atoms with E-state index in [-0.39, 0.29) is 24.4 Å². The van der Waals surface area contributed by atoms with E-state index in [4.69, 9.17) is 29.7 Å². The number of rotatable bonds is 8. The van der Waals surface area contributed by atoms with Gasteiger partial charge in [0.15, 0.2) is 11.6 Å². The van der Waals surface area contributed by atoms with Crippen LogP contribution in [0.15, 0.2) is 119 Å². The average molecular weight is 773 g/mol. The van der Waals surface area contributed by atoms with E-state index in [1.54, 1.807) is 0 Å². The van der Waals surface area contributed by atoms with Crippen LogP contribution in [0.2, 0.25) is 0 Å². The van der Waals surface area contributed by atoms with E-state index in [1.807, 2.05) is 97.6 Å². The molecule has 2 unspecified atom stereocenters. The summed E-state index contributed by atoms with van der Waals surface area (Å²) >= 11 is 0. The molecule has 4 aromatic carbocycles. The second kappa shape index (κ2) is 14.9. The van der Waals surface area contributed by atoms with Gasteiger partial charge in [0.2, 0.25) is 0 Å². The third-order valence-electron chi connectivity index (χ3n) is 11.5. The van der Waals surface area contributed by atoms with Crippen molar-refractivity contribution in [3.05, 3.63) is 120 Å². The monoisotopic (exact) mass is 772 g/mol. The molecule has 14 nitrogen and oxygen atoms in total. The summed E-state index contributed by atoms with van der Waals surface area (Å²) in [5.74, 6) is 4.82. The molecule has 4 N–H and O–H groups in total. The highest BCUT2D eigenvalue weighted by molar-refractivity contribution is 5.78. The van der Waals surface area contributed by atoms with Crippen LogP contribution in [0.25, 0.3) is 22.5 Å². The Balaban J connectivity index is 0.945. The molecule has 4 atom stereocenters. The standard InChI is InChI=1S/C44H44N12O2/c1-3-11-33(12-4-1)57-35-19-15-29(16-20-35)39-37-41(55(49-39)31-9-7-23-45-25-31)47-27-53-43(37)51-54-28-48-42-38(44(54)52-53)40(50-56(42)32-10-8-24-46-26-32)30-17-21-36(22-18-30)58-34-13-5-2-6-14-34/h1-6,11-22,27-28,31-32,43-46,51-52H,7-10,23-26H2/t31-,32-,43?,44?/m1/s1. The normalized spacial score (nSPS) is 22.1. The molecule has 3 saturated heterocycles. The number of hydrogen-bond donors (Lipinski definition) is 4. The minimum absolute atomic E-state index is 0.191. The fourth-order valence-corrected chi connectivity index (χ4v) is 8.67. The molecule has 0 radical (unpaired) electrons. The predicted octanol–water partition coefficient (Wildman–Crippen LogP) is 7.52. The Morgan fingerprint density at radius 1 is 0.500 bits per heavy atom. The Morgan fingerprint density at radius 2 is 0.914 bits per heavy atom. The first-order chi connectivity index (χ1) is 28.7. The van der Waals surface area contributed by atoms with Crippen LogP contribution < -0.4 is 31.0 Å². The maximum atomic E-state index is 6.14. The van der Waals surface area contributed by atoms with Gasteiger partial charge in [-0.1, -0.05) is 36.4 Å². The van der Waals surface area contributed by atoms with E-state index in [2.05, 4.69) is 65.1 Å². The van der Waals surface area contributed by atoms with Crippen LogP contribution >= 0.6 is 0 Å². The lowest BCUT2D eigenvalue weighted by atomic mass is 10.0. The number of nitrogens with zero attached hydrogens (tertiary/aromatic N) is 8. The maximum Gasteiger partial charge on any atom is 0.159 e. The van der Waals surface area contributed by atoms with Gasteiger partial charge in [0.1, 0.15) is 59.4 Å². The van der Waals surface area contributed by atoms with E-state index in [0.29, 0.717) is 0 Å². The quantitative estimate of drug-likeness (QED) is 0.123. The highest BCUT2D eigenvalue weighted by Crippen LogP contribution is 2.47. The molecule has 5 aliphatic rings. The second-order valence-electron chi connectivity index (χ2n) is 15.3. The molecule has 7 heterocycles. The van der Waals surface area contributed by atoms with Crippen molar-refractivity contribution in [3.8, 4) is 45.5 Å². The van der Waals surface area contributed by atoms with Crippen LogP contribution in [0.4, 0.5) is 11.6 Å². The number of para-hydroxylation sites is 2. The predicted molar refractivity (Wildman–Crippen MR) is 222 cm³/mol. The van der Waals surface area contributed by atoms with Crippen molar-refractivity contribution in [2.75, 3.05) is 26.2 Å². The van der Waals surface area contributed by atoms with Crippen molar-refractivity contribution < 1.29 is 9.47 Å². The van der Waals surface area contributed by atoms with Crippen molar-refractivity contribution >= 4 is 24.3 Å². The van der Waals surface area contributed by atoms with Crippen molar-refractivity contribution in [2.24, 2.45) is 9.98 Å². The first-order valence-corrected chi connectivity index (χ1v) is 20.2. The zero-order valence-corrected chi connectivity index (χ0v) is 31.9. The Bertz CT molecular complexity index is 2280. The molecule has 0 aliphatic carbocycles. The molecule has 0 bridgehead atoms. The number of ether oxygens (including phenoxy) is 2. The van der Waals surface area contributed by atoms with Gasteiger partial charge in [-0.15, -0.1) is 0 Å². The molecule has 0 amide bonds. The smallest absolute Gasteiger partial charge is 0.159 e. The minimum Gasteiger partial charge on any atom is -0.457 e. The van der Waals surface area contributed by atoms with Crippen LogP contribution in [0, 0.1) is 0 Å². The highest BCUT2D eigenvalue weighted by atomic mass is 16.5. The SMILES string of the molecule is C1=Nc2c(c(-c3ccc(Oc4ccccc4)cc3)nn2[C@@H]2CCCNC2)C2NN3C=Nc4c(c(-c5ccc(Oc6ccccc6)cc5)nn4[C@@H]4CCCNC4)C3NN12. The van der Waals surface area contributed by atoms with Crippen molar-refractivity contribution in [1.29, 1.82) is 0 Å². The van der Waals surface area contributed by atoms with Gasteiger partial charge < -0.3 is 20.1 Å². The summed E-state index contributed by atoms with van der Waals surface area (Å²) in [5, 5.41) is 21.9. The van der Waals surface area contributed by atoms with Gasteiger partial charge in [0.25, 0.3) is 0 Å². The number of nitrogens with one attached hydrogen (secondary N) is 4. The van der Waals surface area contributed by atoms with E-state index in [0.717, 1.165) is 120 Å². The zero-order chi connectivity index (χ0) is 38.4. The van der Waals surface area contributed by atoms with Gasteiger partial charge >= 0.3 is 0 Å². The fraction of sp³-hybridized carbons (Fsp3) is 0.273. The first kappa shape index (κ1) is 34.9. The van der Waals surface area contributed by atoms with Crippen LogP contribution in [0.3, 0.4) is 0 Å². The van der Waals surface area contributed by atoms with Gasteiger partial charge in [0, 0.05) is 24.2 Å². The molecule has 3 fully saturated rings. The Kier molecular flexibility index (Phi) is 8.95. The van der Waals surface area contributed by atoms with E-state index in [9.17, 15) is 0 Å². The first-order valence-electron chi connectivity index (χ1n) is 20.2. The summed E-state index contributed by atoms with van der Waals surface area (Å²) in [4.78, 5) is 10.2.